The molecule has 0 spiro atoms. The third-order valence-corrected chi connectivity index (χ3v) is 5.88. The summed E-state index contributed by atoms with van der Waals surface area (Å²) in [6.45, 7) is 3.98. The zero-order valence-corrected chi connectivity index (χ0v) is 16.9. The molecule has 6 heteroatoms. The highest BCUT2D eigenvalue weighted by molar-refractivity contribution is 5.94. The van der Waals surface area contributed by atoms with Crippen molar-refractivity contribution in [3.05, 3.63) is 59.5 Å². The van der Waals surface area contributed by atoms with Crippen molar-refractivity contribution < 1.29 is 18.7 Å². The largest absolute Gasteiger partial charge is 0.459 e. The maximum atomic E-state index is 13.3. The Kier molecular flexibility index (Phi) is 6.00. The highest BCUT2D eigenvalue weighted by Crippen LogP contribution is 2.26. The average Bonchev–Trinajstić information content (AvgIpc) is 3.46. The zero-order valence-electron chi connectivity index (χ0n) is 16.9. The summed E-state index contributed by atoms with van der Waals surface area (Å²) < 4.78 is 11.2. The van der Waals surface area contributed by atoms with Gasteiger partial charge >= 0.3 is 0 Å². The first-order valence-electron chi connectivity index (χ1n) is 10.4. The minimum absolute atomic E-state index is 0.0509. The van der Waals surface area contributed by atoms with Crippen molar-refractivity contribution in [2.45, 2.75) is 44.8 Å². The van der Waals surface area contributed by atoms with Gasteiger partial charge in [-0.1, -0.05) is 30.5 Å². The number of benzene rings is 1. The molecule has 1 aromatic carbocycles. The van der Waals surface area contributed by atoms with Gasteiger partial charge < -0.3 is 19.0 Å². The van der Waals surface area contributed by atoms with Crippen LogP contribution in [0.25, 0.3) is 0 Å². The highest BCUT2D eigenvalue weighted by atomic mass is 16.5. The van der Waals surface area contributed by atoms with Crippen LogP contribution in [0.2, 0.25) is 0 Å². The third kappa shape index (κ3) is 4.53. The molecule has 1 aromatic heterocycles. The molecule has 2 amide bonds. The van der Waals surface area contributed by atoms with Gasteiger partial charge in [0, 0.05) is 31.2 Å². The van der Waals surface area contributed by atoms with Crippen molar-refractivity contribution in [3.63, 3.8) is 0 Å². The van der Waals surface area contributed by atoms with Gasteiger partial charge in [-0.05, 0) is 44.0 Å². The van der Waals surface area contributed by atoms with E-state index in [2.05, 4.69) is 0 Å². The van der Waals surface area contributed by atoms with E-state index in [1.165, 1.54) is 6.26 Å². The lowest BCUT2D eigenvalue weighted by Crippen LogP contribution is -2.52. The molecule has 0 radical (unpaired) electrons. The van der Waals surface area contributed by atoms with Crippen LogP contribution in [0.3, 0.4) is 0 Å². The molecule has 1 saturated heterocycles. The first-order chi connectivity index (χ1) is 14.1. The van der Waals surface area contributed by atoms with Crippen LogP contribution in [-0.4, -0.2) is 60.0 Å². The summed E-state index contributed by atoms with van der Waals surface area (Å²) >= 11 is 0. The first-order valence-corrected chi connectivity index (χ1v) is 10.4. The molecule has 0 unspecified atom stereocenters. The Hall–Kier alpha value is -2.60. The van der Waals surface area contributed by atoms with Crippen LogP contribution < -0.4 is 0 Å². The molecule has 154 valence electrons. The van der Waals surface area contributed by atoms with Gasteiger partial charge in [-0.3, -0.25) is 9.59 Å². The number of morpholine rings is 1. The molecule has 2 aliphatic rings. The van der Waals surface area contributed by atoms with Crippen LogP contribution in [0.15, 0.2) is 47.1 Å². The van der Waals surface area contributed by atoms with E-state index in [0.29, 0.717) is 37.6 Å². The lowest BCUT2D eigenvalue weighted by atomic mass is 10.1. The molecule has 1 atom stereocenters. The van der Waals surface area contributed by atoms with Crippen molar-refractivity contribution in [1.82, 2.24) is 9.80 Å². The number of furan rings is 1. The number of hydrogen-bond acceptors (Lipinski definition) is 4. The van der Waals surface area contributed by atoms with Crippen LogP contribution in [0, 0.1) is 6.92 Å². The molecule has 2 aromatic rings. The van der Waals surface area contributed by atoms with Gasteiger partial charge in [0.2, 0.25) is 0 Å². The first kappa shape index (κ1) is 19.7. The second kappa shape index (κ2) is 8.82. The van der Waals surface area contributed by atoms with E-state index in [0.717, 1.165) is 31.2 Å². The van der Waals surface area contributed by atoms with Crippen molar-refractivity contribution in [2.24, 2.45) is 0 Å². The Morgan fingerprint density at radius 2 is 1.90 bits per heavy atom. The Morgan fingerprint density at radius 3 is 2.59 bits per heavy atom. The van der Waals surface area contributed by atoms with Gasteiger partial charge in [-0.25, -0.2) is 0 Å². The number of carbonyl (C=O) groups excluding carboxylic acids is 2. The van der Waals surface area contributed by atoms with Crippen LogP contribution >= 0.6 is 0 Å². The predicted molar refractivity (Wildman–Crippen MR) is 109 cm³/mol. The van der Waals surface area contributed by atoms with Crippen molar-refractivity contribution >= 4 is 11.8 Å². The van der Waals surface area contributed by atoms with E-state index < -0.39 is 0 Å². The SMILES string of the molecule is Cc1ccc(C(=O)N(C[C@H]2CN(C(=O)c3ccco3)CCO2)C2CCCC2)cc1. The van der Waals surface area contributed by atoms with Gasteiger partial charge in [-0.15, -0.1) is 0 Å². The number of hydrogen-bond donors (Lipinski definition) is 0. The quantitative estimate of drug-likeness (QED) is 0.776. The fraction of sp³-hybridized carbons (Fsp3) is 0.478. The van der Waals surface area contributed by atoms with E-state index in [9.17, 15) is 9.59 Å². The summed E-state index contributed by atoms with van der Waals surface area (Å²) in [6, 6.07) is 11.4. The molecule has 6 nitrogen and oxygen atoms in total. The van der Waals surface area contributed by atoms with E-state index in [1.807, 2.05) is 36.1 Å². The molecule has 29 heavy (non-hydrogen) atoms. The fourth-order valence-corrected chi connectivity index (χ4v) is 4.27. The van der Waals surface area contributed by atoms with Gasteiger partial charge in [0.25, 0.3) is 11.8 Å². The summed E-state index contributed by atoms with van der Waals surface area (Å²) in [7, 11) is 0. The van der Waals surface area contributed by atoms with E-state index in [1.54, 1.807) is 17.0 Å². The third-order valence-electron chi connectivity index (χ3n) is 5.88. The Labute approximate surface area is 171 Å². The molecule has 2 fully saturated rings. The number of ether oxygens (including phenoxy) is 1. The van der Waals surface area contributed by atoms with Crippen LogP contribution in [0.5, 0.6) is 0 Å². The average molecular weight is 396 g/mol. The monoisotopic (exact) mass is 396 g/mol. The van der Waals surface area contributed by atoms with E-state index in [-0.39, 0.29) is 24.0 Å². The number of carbonyl (C=O) groups is 2. The topological polar surface area (TPSA) is 63.0 Å². The zero-order chi connectivity index (χ0) is 20.2. The maximum Gasteiger partial charge on any atom is 0.289 e. The minimum Gasteiger partial charge on any atom is -0.459 e. The molecule has 0 N–H and O–H groups in total. The molecule has 1 aliphatic heterocycles. The van der Waals surface area contributed by atoms with Crippen LogP contribution in [-0.2, 0) is 4.74 Å². The van der Waals surface area contributed by atoms with Gasteiger partial charge in [0.1, 0.15) is 0 Å². The number of rotatable bonds is 5. The Morgan fingerprint density at radius 1 is 1.14 bits per heavy atom. The van der Waals surface area contributed by atoms with Crippen LogP contribution in [0.4, 0.5) is 0 Å². The van der Waals surface area contributed by atoms with Crippen molar-refractivity contribution in [3.8, 4) is 0 Å². The summed E-state index contributed by atoms with van der Waals surface area (Å²) in [5.74, 6) is 0.268. The standard InChI is InChI=1S/C23H28N2O4/c1-17-8-10-18(11-9-17)22(26)25(19-5-2-3-6-19)16-20-15-24(12-14-28-20)23(27)21-7-4-13-29-21/h4,7-11,13,19-20H,2-3,5-6,12,14-16H2,1H3/t20-/m1/s1. The summed E-state index contributed by atoms with van der Waals surface area (Å²) in [5.41, 5.74) is 1.85. The molecule has 4 rings (SSSR count). The van der Waals surface area contributed by atoms with Gasteiger partial charge in [0.15, 0.2) is 5.76 Å². The Bertz CT molecular complexity index is 825. The summed E-state index contributed by atoms with van der Waals surface area (Å²) in [5, 5.41) is 0. The summed E-state index contributed by atoms with van der Waals surface area (Å²) in [4.78, 5) is 29.7. The number of amides is 2. The van der Waals surface area contributed by atoms with Crippen molar-refractivity contribution in [1.29, 1.82) is 0 Å². The molecular weight excluding hydrogens is 368 g/mol. The Balaban J connectivity index is 1.47. The van der Waals surface area contributed by atoms with E-state index in [4.69, 9.17) is 9.15 Å². The number of aryl methyl sites for hydroxylation is 1. The fourth-order valence-electron chi connectivity index (χ4n) is 4.27. The molecule has 0 bridgehead atoms. The van der Waals surface area contributed by atoms with Gasteiger partial charge in [0.05, 0.1) is 19.0 Å². The molecular formula is C23H28N2O4. The second-order valence-electron chi connectivity index (χ2n) is 7.98. The predicted octanol–water partition coefficient (Wildman–Crippen LogP) is 3.51. The smallest absolute Gasteiger partial charge is 0.289 e. The summed E-state index contributed by atoms with van der Waals surface area (Å²) in [6.07, 6.45) is 5.66. The normalized spacial score (nSPS) is 20.0. The molecule has 2 heterocycles. The number of nitrogens with zero attached hydrogens (tertiary/aromatic N) is 2. The maximum absolute atomic E-state index is 13.3. The highest BCUT2D eigenvalue weighted by Gasteiger charge is 2.33. The van der Waals surface area contributed by atoms with Crippen molar-refractivity contribution in [2.75, 3.05) is 26.2 Å². The molecule has 1 aliphatic carbocycles. The lowest BCUT2D eigenvalue weighted by Gasteiger charge is -2.37. The van der Waals surface area contributed by atoms with Gasteiger partial charge in [-0.2, -0.15) is 0 Å². The van der Waals surface area contributed by atoms with E-state index >= 15 is 0 Å². The van der Waals surface area contributed by atoms with Crippen LogP contribution in [0.1, 0.15) is 52.2 Å². The lowest BCUT2D eigenvalue weighted by molar-refractivity contribution is -0.0377. The minimum atomic E-state index is -0.197. The second-order valence-corrected chi connectivity index (χ2v) is 7.98. The molecule has 1 saturated carbocycles.